The molecular weight excluding hydrogens is 240 g/mol. The lowest BCUT2D eigenvalue weighted by Crippen LogP contribution is -2.57. The molecule has 0 unspecified atom stereocenters. The lowest BCUT2D eigenvalue weighted by Gasteiger charge is -2.63. The van der Waals surface area contributed by atoms with Gasteiger partial charge >= 0.3 is 6.09 Å². The molecule has 2 aliphatic rings. The average Bonchev–Trinajstić information content (AvgIpc) is 2.26. The van der Waals surface area contributed by atoms with Crippen LogP contribution in [0.4, 0.5) is 4.79 Å². The fourth-order valence-corrected chi connectivity index (χ4v) is 3.98. The van der Waals surface area contributed by atoms with E-state index in [0.717, 1.165) is 25.7 Å². The number of nitrogens with zero attached hydrogens (tertiary/aromatic N) is 2. The normalized spacial score (nSPS) is 24.6. The van der Waals surface area contributed by atoms with Gasteiger partial charge < -0.3 is 10.0 Å². The lowest BCUT2D eigenvalue weighted by atomic mass is 9.42. The van der Waals surface area contributed by atoms with Gasteiger partial charge in [-0.3, -0.25) is 0 Å². The fraction of sp³-hybridized carbons (Fsp3) is 0.867. The molecule has 106 valence electrons. The Morgan fingerprint density at radius 2 is 1.84 bits per heavy atom. The highest BCUT2D eigenvalue weighted by atomic mass is 16.4. The Balaban J connectivity index is 2.02. The molecule has 0 radical (unpaired) electrons. The quantitative estimate of drug-likeness (QED) is 0.788. The van der Waals surface area contributed by atoms with Crippen LogP contribution < -0.4 is 0 Å². The highest BCUT2D eigenvalue weighted by Crippen LogP contribution is 2.67. The van der Waals surface area contributed by atoms with Gasteiger partial charge in [0.05, 0.1) is 6.07 Å². The van der Waals surface area contributed by atoms with Crippen molar-refractivity contribution in [2.24, 2.45) is 16.2 Å². The number of likely N-dealkylation sites (tertiary alicyclic amines) is 1. The molecule has 1 amide bonds. The number of hydrogen-bond acceptors (Lipinski definition) is 2. The second kappa shape index (κ2) is 4.40. The first kappa shape index (κ1) is 14.2. The zero-order valence-corrected chi connectivity index (χ0v) is 12.2. The van der Waals surface area contributed by atoms with Crippen molar-refractivity contribution in [1.82, 2.24) is 4.90 Å². The minimum atomic E-state index is -0.798. The van der Waals surface area contributed by atoms with E-state index >= 15 is 0 Å². The molecule has 19 heavy (non-hydrogen) atoms. The summed E-state index contributed by atoms with van der Waals surface area (Å²) in [5, 5.41) is 18.1. The second-order valence-electron chi connectivity index (χ2n) is 7.49. The molecule has 0 aromatic heterocycles. The molecule has 2 rings (SSSR count). The molecule has 0 aromatic carbocycles. The fourth-order valence-electron chi connectivity index (χ4n) is 3.98. The highest BCUT2D eigenvalue weighted by molar-refractivity contribution is 5.65. The van der Waals surface area contributed by atoms with Crippen LogP contribution >= 0.6 is 0 Å². The van der Waals surface area contributed by atoms with Gasteiger partial charge in [0.2, 0.25) is 0 Å². The number of amides is 1. The number of carbonyl (C=O) groups is 1. The molecule has 1 spiro atoms. The Hall–Kier alpha value is -1.24. The van der Waals surface area contributed by atoms with Crippen molar-refractivity contribution in [1.29, 1.82) is 5.26 Å². The molecule has 0 atom stereocenters. The number of piperidine rings is 1. The molecule has 0 aromatic rings. The Morgan fingerprint density at radius 3 is 2.21 bits per heavy atom. The van der Waals surface area contributed by atoms with Crippen LogP contribution in [0.1, 0.15) is 52.9 Å². The van der Waals surface area contributed by atoms with Crippen molar-refractivity contribution in [3.63, 3.8) is 0 Å². The van der Waals surface area contributed by atoms with Gasteiger partial charge in [-0.1, -0.05) is 20.8 Å². The van der Waals surface area contributed by atoms with Crippen molar-refractivity contribution in [3.8, 4) is 6.07 Å². The summed E-state index contributed by atoms with van der Waals surface area (Å²) >= 11 is 0. The van der Waals surface area contributed by atoms with Gasteiger partial charge in [0.15, 0.2) is 0 Å². The van der Waals surface area contributed by atoms with Crippen molar-refractivity contribution in [2.45, 2.75) is 52.9 Å². The first-order valence-electron chi connectivity index (χ1n) is 7.09. The minimum Gasteiger partial charge on any atom is -0.465 e. The molecule has 4 nitrogen and oxygen atoms in total. The van der Waals surface area contributed by atoms with Gasteiger partial charge in [0.25, 0.3) is 0 Å². The molecule has 1 saturated carbocycles. The average molecular weight is 264 g/mol. The summed E-state index contributed by atoms with van der Waals surface area (Å²) in [5.74, 6) is 0. The maximum Gasteiger partial charge on any atom is 0.407 e. The number of rotatable bonds is 1. The predicted octanol–water partition coefficient (Wildman–Crippen LogP) is 3.49. The molecule has 1 aliphatic carbocycles. The third-order valence-corrected chi connectivity index (χ3v) is 5.53. The third kappa shape index (κ3) is 2.31. The van der Waals surface area contributed by atoms with Gasteiger partial charge in [0.1, 0.15) is 0 Å². The van der Waals surface area contributed by atoms with Crippen LogP contribution in [0.25, 0.3) is 0 Å². The molecule has 1 N–H and O–H groups in total. The Labute approximate surface area is 115 Å². The predicted molar refractivity (Wildman–Crippen MR) is 72.6 cm³/mol. The second-order valence-corrected chi connectivity index (χ2v) is 7.49. The standard InChI is InChI=1S/C15H24N2O2/c1-13(2,3)15(4-7-16)10-14(11-15)5-8-17(9-6-14)12(18)19/h4-6,8-11H2,1-3H3,(H,18,19). The topological polar surface area (TPSA) is 64.3 Å². The summed E-state index contributed by atoms with van der Waals surface area (Å²) in [7, 11) is 0. The van der Waals surface area contributed by atoms with Crippen molar-refractivity contribution < 1.29 is 9.90 Å². The largest absolute Gasteiger partial charge is 0.465 e. The Morgan fingerprint density at radius 1 is 1.32 bits per heavy atom. The van der Waals surface area contributed by atoms with E-state index in [1.54, 1.807) is 0 Å². The lowest BCUT2D eigenvalue weighted by molar-refractivity contribution is -0.134. The molecule has 1 saturated heterocycles. The maximum atomic E-state index is 10.9. The van der Waals surface area contributed by atoms with Crippen LogP contribution in [0.3, 0.4) is 0 Å². The molecule has 2 fully saturated rings. The third-order valence-electron chi connectivity index (χ3n) is 5.53. The van der Waals surface area contributed by atoms with Crippen LogP contribution in [-0.2, 0) is 0 Å². The summed E-state index contributed by atoms with van der Waals surface area (Å²) in [5.41, 5.74) is 0.584. The molecule has 4 heteroatoms. The monoisotopic (exact) mass is 264 g/mol. The first-order chi connectivity index (χ1) is 8.74. The molecule has 0 bridgehead atoms. The van der Waals surface area contributed by atoms with E-state index in [1.807, 2.05) is 0 Å². The smallest absolute Gasteiger partial charge is 0.407 e. The summed E-state index contributed by atoms with van der Waals surface area (Å²) in [6.07, 6.45) is 3.93. The number of carboxylic acid groups (broad SMARTS) is 1. The van der Waals surface area contributed by atoms with Crippen LogP contribution in [-0.4, -0.2) is 29.2 Å². The summed E-state index contributed by atoms with van der Waals surface area (Å²) in [6.45, 7) is 7.99. The Bertz CT molecular complexity index is 401. The van der Waals surface area contributed by atoms with Gasteiger partial charge in [-0.25, -0.2) is 4.79 Å². The zero-order chi connectivity index (χ0) is 14.3. The minimum absolute atomic E-state index is 0.132. The van der Waals surface area contributed by atoms with Crippen LogP contribution in [0.5, 0.6) is 0 Å². The summed E-state index contributed by atoms with van der Waals surface area (Å²) < 4.78 is 0. The van der Waals surface area contributed by atoms with Crippen LogP contribution in [0, 0.1) is 27.6 Å². The van der Waals surface area contributed by atoms with E-state index in [2.05, 4.69) is 26.8 Å². The highest BCUT2D eigenvalue weighted by Gasteiger charge is 2.59. The van der Waals surface area contributed by atoms with E-state index in [1.165, 1.54) is 4.90 Å². The first-order valence-corrected chi connectivity index (χ1v) is 7.09. The number of hydrogen-bond donors (Lipinski definition) is 1. The zero-order valence-electron chi connectivity index (χ0n) is 12.2. The van der Waals surface area contributed by atoms with E-state index in [4.69, 9.17) is 10.4 Å². The van der Waals surface area contributed by atoms with E-state index in [0.29, 0.717) is 24.9 Å². The van der Waals surface area contributed by atoms with Crippen LogP contribution in [0.2, 0.25) is 0 Å². The molecule has 1 heterocycles. The van der Waals surface area contributed by atoms with Gasteiger partial charge in [-0.15, -0.1) is 0 Å². The summed E-state index contributed by atoms with van der Waals surface area (Å²) in [6, 6.07) is 2.36. The Kier molecular flexibility index (Phi) is 3.28. The van der Waals surface area contributed by atoms with Gasteiger partial charge in [0, 0.05) is 19.5 Å². The molecular formula is C15H24N2O2. The SMILES string of the molecule is CC(C)(C)C1(CC#N)CC2(CCN(C(=O)O)CC2)C1. The van der Waals surface area contributed by atoms with Crippen molar-refractivity contribution in [3.05, 3.63) is 0 Å². The van der Waals surface area contributed by atoms with E-state index in [-0.39, 0.29) is 10.8 Å². The van der Waals surface area contributed by atoms with E-state index in [9.17, 15) is 4.79 Å². The summed E-state index contributed by atoms with van der Waals surface area (Å²) in [4.78, 5) is 12.5. The van der Waals surface area contributed by atoms with Crippen LogP contribution in [0.15, 0.2) is 0 Å². The van der Waals surface area contributed by atoms with E-state index < -0.39 is 6.09 Å². The van der Waals surface area contributed by atoms with Gasteiger partial charge in [-0.05, 0) is 41.9 Å². The number of nitriles is 1. The van der Waals surface area contributed by atoms with Crippen molar-refractivity contribution >= 4 is 6.09 Å². The van der Waals surface area contributed by atoms with Gasteiger partial charge in [-0.2, -0.15) is 5.26 Å². The van der Waals surface area contributed by atoms with Crippen molar-refractivity contribution in [2.75, 3.05) is 13.1 Å². The maximum absolute atomic E-state index is 10.9. The molecule has 1 aliphatic heterocycles.